The van der Waals surface area contributed by atoms with Crippen molar-refractivity contribution in [3.63, 3.8) is 0 Å². The molecule has 0 spiro atoms. The molecule has 0 aromatic heterocycles. The zero-order chi connectivity index (χ0) is 9.97. The van der Waals surface area contributed by atoms with Gasteiger partial charge in [-0.25, -0.2) is 4.79 Å². The number of ether oxygens (including phenoxy) is 2. The van der Waals surface area contributed by atoms with Crippen LogP contribution in [0.25, 0.3) is 0 Å². The first-order chi connectivity index (χ1) is 6.83. The van der Waals surface area contributed by atoms with Crippen LogP contribution in [0.15, 0.2) is 23.3 Å². The van der Waals surface area contributed by atoms with Gasteiger partial charge in [-0.3, -0.25) is 0 Å². The molecule has 76 valence electrons. The minimum Gasteiger partial charge on any atom is -0.466 e. The molecule has 0 bridgehead atoms. The van der Waals surface area contributed by atoms with Gasteiger partial charge in [-0.2, -0.15) is 0 Å². The summed E-state index contributed by atoms with van der Waals surface area (Å²) in [6.07, 6.45) is 5.95. The van der Waals surface area contributed by atoms with E-state index in [1.807, 2.05) is 0 Å². The Morgan fingerprint density at radius 1 is 1.64 bits per heavy atom. The zero-order valence-electron chi connectivity index (χ0n) is 8.29. The van der Waals surface area contributed by atoms with Crippen LogP contribution in [0.4, 0.5) is 0 Å². The van der Waals surface area contributed by atoms with Gasteiger partial charge in [0, 0.05) is 11.5 Å². The number of hydrogen-bond donors (Lipinski definition) is 0. The number of methoxy groups -OCH3 is 1. The van der Waals surface area contributed by atoms with Gasteiger partial charge < -0.3 is 9.47 Å². The van der Waals surface area contributed by atoms with E-state index in [1.54, 1.807) is 0 Å². The Bertz CT molecular complexity index is 302. The molecule has 1 aliphatic carbocycles. The largest absolute Gasteiger partial charge is 0.466 e. The van der Waals surface area contributed by atoms with Crippen LogP contribution in [-0.4, -0.2) is 26.3 Å². The van der Waals surface area contributed by atoms with Crippen LogP contribution in [0.1, 0.15) is 12.8 Å². The predicted octanol–water partition coefficient (Wildman–Crippen LogP) is 1.45. The summed E-state index contributed by atoms with van der Waals surface area (Å²) in [5.41, 5.74) is 1.94. The average Bonchev–Trinajstić information content (AvgIpc) is 2.57. The number of allylic oxidation sites excluding steroid dienone is 1. The van der Waals surface area contributed by atoms with E-state index in [0.29, 0.717) is 19.1 Å². The maximum atomic E-state index is 11.5. The number of esters is 1. The Kier molecular flexibility index (Phi) is 2.68. The van der Waals surface area contributed by atoms with Gasteiger partial charge in [0.15, 0.2) is 0 Å². The van der Waals surface area contributed by atoms with Gasteiger partial charge in [0.2, 0.25) is 0 Å². The topological polar surface area (TPSA) is 35.5 Å². The van der Waals surface area contributed by atoms with E-state index in [4.69, 9.17) is 9.47 Å². The smallest absolute Gasteiger partial charge is 0.333 e. The Hall–Kier alpha value is -1.09. The third-order valence-electron chi connectivity index (χ3n) is 2.75. The lowest BCUT2D eigenvalue weighted by Crippen LogP contribution is -2.10. The second-order valence-electron chi connectivity index (χ2n) is 3.58. The molecule has 0 aromatic carbocycles. The highest BCUT2D eigenvalue weighted by molar-refractivity contribution is 5.89. The van der Waals surface area contributed by atoms with Crippen molar-refractivity contribution in [3.05, 3.63) is 23.3 Å². The van der Waals surface area contributed by atoms with Gasteiger partial charge >= 0.3 is 5.97 Å². The van der Waals surface area contributed by atoms with Crippen molar-refractivity contribution in [2.75, 3.05) is 20.3 Å². The number of fused-ring (bicyclic) bond motifs is 1. The highest BCUT2D eigenvalue weighted by Crippen LogP contribution is 2.30. The standard InChI is InChI=1S/C11H14O3/c1-13-11(12)9-5-3-2-4-8-6-14-7-10(8)9/h2,4,8H,3,5-7H2,1H3/t8-/m1/s1. The van der Waals surface area contributed by atoms with Crippen LogP contribution >= 0.6 is 0 Å². The third kappa shape index (κ3) is 1.60. The summed E-state index contributed by atoms with van der Waals surface area (Å²) in [5.74, 6) is 0.103. The summed E-state index contributed by atoms with van der Waals surface area (Å²) >= 11 is 0. The average molecular weight is 194 g/mol. The molecule has 2 rings (SSSR count). The first-order valence-electron chi connectivity index (χ1n) is 4.87. The summed E-state index contributed by atoms with van der Waals surface area (Å²) in [6.45, 7) is 1.28. The predicted molar refractivity (Wildman–Crippen MR) is 51.7 cm³/mol. The van der Waals surface area contributed by atoms with E-state index in [0.717, 1.165) is 24.0 Å². The van der Waals surface area contributed by atoms with E-state index >= 15 is 0 Å². The zero-order valence-corrected chi connectivity index (χ0v) is 8.29. The van der Waals surface area contributed by atoms with Crippen molar-refractivity contribution in [1.29, 1.82) is 0 Å². The first-order valence-corrected chi connectivity index (χ1v) is 4.87. The highest BCUT2D eigenvalue weighted by Gasteiger charge is 2.27. The van der Waals surface area contributed by atoms with Crippen LogP contribution in [0.2, 0.25) is 0 Å². The normalized spacial score (nSPS) is 25.9. The number of hydrogen-bond acceptors (Lipinski definition) is 3. The third-order valence-corrected chi connectivity index (χ3v) is 2.75. The molecule has 1 heterocycles. The lowest BCUT2D eigenvalue weighted by atomic mass is 9.97. The monoisotopic (exact) mass is 194 g/mol. The Morgan fingerprint density at radius 2 is 2.50 bits per heavy atom. The van der Waals surface area contributed by atoms with Gasteiger partial charge in [-0.15, -0.1) is 0 Å². The molecule has 1 fully saturated rings. The van der Waals surface area contributed by atoms with Crippen LogP contribution in [-0.2, 0) is 14.3 Å². The molecule has 0 aromatic rings. The highest BCUT2D eigenvalue weighted by atomic mass is 16.5. The van der Waals surface area contributed by atoms with Gasteiger partial charge in [0.05, 0.1) is 20.3 Å². The van der Waals surface area contributed by atoms with Crippen molar-refractivity contribution in [1.82, 2.24) is 0 Å². The lowest BCUT2D eigenvalue weighted by Gasteiger charge is -2.08. The molecular formula is C11H14O3. The fourth-order valence-corrected chi connectivity index (χ4v) is 1.99. The molecular weight excluding hydrogens is 180 g/mol. The fraction of sp³-hybridized carbons (Fsp3) is 0.545. The minimum atomic E-state index is -0.195. The van der Waals surface area contributed by atoms with Gasteiger partial charge in [-0.05, 0) is 18.4 Å². The molecule has 1 saturated heterocycles. The number of rotatable bonds is 1. The van der Waals surface area contributed by atoms with Crippen molar-refractivity contribution >= 4 is 5.97 Å². The number of carbonyl (C=O) groups is 1. The summed E-state index contributed by atoms with van der Waals surface area (Å²) in [5, 5.41) is 0. The molecule has 3 heteroatoms. The molecule has 0 radical (unpaired) electrons. The van der Waals surface area contributed by atoms with Crippen molar-refractivity contribution in [3.8, 4) is 0 Å². The molecule has 14 heavy (non-hydrogen) atoms. The minimum absolute atomic E-state index is 0.195. The molecule has 0 amide bonds. The summed E-state index contributed by atoms with van der Waals surface area (Å²) in [4.78, 5) is 11.5. The molecule has 1 aliphatic heterocycles. The Balaban J connectivity index is 2.31. The van der Waals surface area contributed by atoms with E-state index in [1.165, 1.54) is 7.11 Å². The quantitative estimate of drug-likeness (QED) is 0.468. The summed E-state index contributed by atoms with van der Waals surface area (Å²) < 4.78 is 10.1. The van der Waals surface area contributed by atoms with Crippen LogP contribution in [0, 0.1) is 5.92 Å². The molecule has 0 saturated carbocycles. The molecule has 0 N–H and O–H groups in total. The van der Waals surface area contributed by atoms with Crippen molar-refractivity contribution < 1.29 is 14.3 Å². The second-order valence-corrected chi connectivity index (χ2v) is 3.58. The number of carbonyl (C=O) groups excluding carboxylic acids is 1. The van der Waals surface area contributed by atoms with E-state index < -0.39 is 0 Å². The van der Waals surface area contributed by atoms with E-state index in [9.17, 15) is 4.79 Å². The first kappa shape index (κ1) is 9.46. The van der Waals surface area contributed by atoms with E-state index in [-0.39, 0.29) is 5.97 Å². The Labute approximate surface area is 83.4 Å². The van der Waals surface area contributed by atoms with Gasteiger partial charge in [-0.1, -0.05) is 12.2 Å². The van der Waals surface area contributed by atoms with Crippen molar-refractivity contribution in [2.45, 2.75) is 12.8 Å². The van der Waals surface area contributed by atoms with Crippen LogP contribution < -0.4 is 0 Å². The summed E-state index contributed by atoms with van der Waals surface area (Å²) in [7, 11) is 1.43. The second kappa shape index (κ2) is 3.96. The van der Waals surface area contributed by atoms with Crippen molar-refractivity contribution in [2.24, 2.45) is 5.92 Å². The molecule has 3 nitrogen and oxygen atoms in total. The molecule has 2 aliphatic rings. The van der Waals surface area contributed by atoms with Crippen LogP contribution in [0.5, 0.6) is 0 Å². The van der Waals surface area contributed by atoms with Crippen LogP contribution in [0.3, 0.4) is 0 Å². The maximum Gasteiger partial charge on any atom is 0.333 e. The molecule has 0 unspecified atom stereocenters. The molecule has 1 atom stereocenters. The van der Waals surface area contributed by atoms with E-state index in [2.05, 4.69) is 12.2 Å². The van der Waals surface area contributed by atoms with Gasteiger partial charge in [0.25, 0.3) is 0 Å². The lowest BCUT2D eigenvalue weighted by molar-refractivity contribution is -0.136. The fourth-order valence-electron chi connectivity index (χ4n) is 1.99. The summed E-state index contributed by atoms with van der Waals surface area (Å²) in [6, 6.07) is 0. The maximum absolute atomic E-state index is 11.5. The van der Waals surface area contributed by atoms with Gasteiger partial charge in [0.1, 0.15) is 0 Å². The SMILES string of the molecule is COC(=O)C1=C2COC[C@H]2C=CCC1. The Morgan fingerprint density at radius 3 is 3.29 bits per heavy atom.